The van der Waals surface area contributed by atoms with E-state index < -0.39 is 21.7 Å². The number of sulfone groups is 1. The fourth-order valence-corrected chi connectivity index (χ4v) is 5.52. The van der Waals surface area contributed by atoms with Gasteiger partial charge in [0.25, 0.3) is 0 Å². The number of thiazole rings is 1. The molecule has 2 aromatic heterocycles. The van der Waals surface area contributed by atoms with Gasteiger partial charge in [0, 0.05) is 28.6 Å². The van der Waals surface area contributed by atoms with Crippen molar-refractivity contribution in [3.8, 4) is 21.8 Å². The van der Waals surface area contributed by atoms with Gasteiger partial charge in [-0.25, -0.2) is 32.6 Å². The summed E-state index contributed by atoms with van der Waals surface area (Å²) in [5.74, 6) is -0.432. The monoisotopic (exact) mass is 554 g/mol. The molecule has 0 saturated heterocycles. The first-order valence-corrected chi connectivity index (χ1v) is 14.1. The molecule has 0 atom stereocenters. The van der Waals surface area contributed by atoms with Crippen molar-refractivity contribution in [2.45, 2.75) is 38.0 Å². The van der Waals surface area contributed by atoms with E-state index in [0.29, 0.717) is 27.6 Å². The minimum absolute atomic E-state index is 0.0174. The maximum Gasteiger partial charge on any atom is 0.323 e. The van der Waals surface area contributed by atoms with Crippen LogP contribution in [0.1, 0.15) is 32.7 Å². The van der Waals surface area contributed by atoms with Crippen LogP contribution >= 0.6 is 11.3 Å². The number of hydrogen-bond acceptors (Lipinski definition) is 8. The van der Waals surface area contributed by atoms with Crippen molar-refractivity contribution >= 4 is 44.5 Å². The number of nitrogens with one attached hydrogen (secondary N) is 2. The van der Waals surface area contributed by atoms with Gasteiger partial charge in [-0.15, -0.1) is 11.3 Å². The van der Waals surface area contributed by atoms with Crippen molar-refractivity contribution in [2.75, 3.05) is 22.1 Å². The molecule has 0 aliphatic heterocycles. The van der Waals surface area contributed by atoms with Gasteiger partial charge in [-0.2, -0.15) is 0 Å². The van der Waals surface area contributed by atoms with Crippen LogP contribution in [0.3, 0.4) is 0 Å². The normalized spacial score (nSPS) is 11.8. The third-order valence-electron chi connectivity index (χ3n) is 5.51. The summed E-state index contributed by atoms with van der Waals surface area (Å²) in [4.78, 5) is 26.3. The number of amides is 2. The number of urea groups is 1. The van der Waals surface area contributed by atoms with E-state index >= 15 is 4.39 Å². The minimum atomic E-state index is -3.34. The van der Waals surface area contributed by atoms with Gasteiger partial charge in [0.1, 0.15) is 11.5 Å². The summed E-state index contributed by atoms with van der Waals surface area (Å²) >= 11 is 1.34. The lowest BCUT2D eigenvalue weighted by atomic mass is 9.98. The van der Waals surface area contributed by atoms with Gasteiger partial charge >= 0.3 is 6.03 Å². The maximum absolute atomic E-state index is 15.1. The SMILES string of the molecule is CCS(=O)(=O)c1ccc(NC(=O)Nc2ccc(F)c(-c3sc(C(C)(C)C)nc3-c3ccnc(N)n3)c2)cc1. The minimum Gasteiger partial charge on any atom is -0.368 e. The van der Waals surface area contributed by atoms with Crippen LogP contribution in [0.25, 0.3) is 21.8 Å². The van der Waals surface area contributed by atoms with Crippen molar-refractivity contribution in [3.05, 3.63) is 65.6 Å². The van der Waals surface area contributed by atoms with E-state index in [1.54, 1.807) is 13.0 Å². The average molecular weight is 555 g/mol. The zero-order chi connectivity index (χ0) is 27.7. The Balaban J connectivity index is 1.63. The Morgan fingerprint density at radius 2 is 1.68 bits per heavy atom. The van der Waals surface area contributed by atoms with Crippen LogP contribution in [0.2, 0.25) is 0 Å². The largest absolute Gasteiger partial charge is 0.368 e. The summed E-state index contributed by atoms with van der Waals surface area (Å²) in [6.07, 6.45) is 1.51. The third-order valence-corrected chi connectivity index (χ3v) is 8.77. The van der Waals surface area contributed by atoms with Crippen molar-refractivity contribution < 1.29 is 17.6 Å². The van der Waals surface area contributed by atoms with Crippen LogP contribution < -0.4 is 16.4 Å². The fraction of sp³-hybridized carbons (Fsp3) is 0.231. The first-order chi connectivity index (χ1) is 17.9. The highest BCUT2D eigenvalue weighted by Crippen LogP contribution is 2.41. The number of halogens is 1. The molecule has 2 aromatic carbocycles. The van der Waals surface area contributed by atoms with Gasteiger partial charge in [-0.05, 0) is 48.5 Å². The topological polar surface area (TPSA) is 140 Å². The van der Waals surface area contributed by atoms with Gasteiger partial charge in [0.2, 0.25) is 5.95 Å². The van der Waals surface area contributed by atoms with Crippen LogP contribution in [-0.2, 0) is 15.3 Å². The number of nitrogens with two attached hydrogens (primary N) is 1. The first-order valence-electron chi connectivity index (χ1n) is 11.7. The zero-order valence-electron chi connectivity index (χ0n) is 21.2. The smallest absolute Gasteiger partial charge is 0.323 e. The van der Waals surface area contributed by atoms with Crippen molar-refractivity contribution in [1.82, 2.24) is 15.0 Å². The molecule has 0 saturated carbocycles. The number of aromatic nitrogens is 3. The molecular formula is C26H27FN6O3S2. The van der Waals surface area contributed by atoms with Gasteiger partial charge in [-0.3, -0.25) is 0 Å². The van der Waals surface area contributed by atoms with Crippen LogP contribution in [0.5, 0.6) is 0 Å². The number of rotatable bonds is 6. The molecule has 0 spiro atoms. The van der Waals surface area contributed by atoms with E-state index in [0.717, 1.165) is 5.01 Å². The summed E-state index contributed by atoms with van der Waals surface area (Å²) < 4.78 is 39.1. The first kappa shape index (κ1) is 27.1. The summed E-state index contributed by atoms with van der Waals surface area (Å²) in [5, 5.41) is 6.12. The predicted octanol–water partition coefficient (Wildman–Crippen LogP) is 5.72. The summed E-state index contributed by atoms with van der Waals surface area (Å²) in [5.41, 5.74) is 7.42. The lowest BCUT2D eigenvalue weighted by Crippen LogP contribution is -2.19. The van der Waals surface area contributed by atoms with Crippen LogP contribution in [0.15, 0.2) is 59.6 Å². The molecule has 2 amide bonds. The Hall–Kier alpha value is -3.90. The highest BCUT2D eigenvalue weighted by atomic mass is 32.2. The lowest BCUT2D eigenvalue weighted by Gasteiger charge is -2.13. The summed E-state index contributed by atoms with van der Waals surface area (Å²) in [6, 6.07) is 11.2. The molecule has 38 heavy (non-hydrogen) atoms. The number of hydrogen-bond donors (Lipinski definition) is 3. The Bertz CT molecular complexity index is 1600. The van der Waals surface area contributed by atoms with Crippen LogP contribution in [0.4, 0.5) is 26.5 Å². The second-order valence-electron chi connectivity index (χ2n) is 9.45. The molecular weight excluding hydrogens is 527 g/mol. The van der Waals surface area contributed by atoms with E-state index in [1.165, 1.54) is 60.0 Å². The van der Waals surface area contributed by atoms with Crippen LogP contribution in [0, 0.1) is 5.82 Å². The Morgan fingerprint density at radius 1 is 1.03 bits per heavy atom. The second-order valence-corrected chi connectivity index (χ2v) is 12.7. The predicted molar refractivity (Wildman–Crippen MR) is 148 cm³/mol. The number of nitrogens with zero attached hydrogens (tertiary/aromatic N) is 3. The highest BCUT2D eigenvalue weighted by molar-refractivity contribution is 7.91. The van der Waals surface area contributed by atoms with Crippen molar-refractivity contribution in [1.29, 1.82) is 0 Å². The van der Waals surface area contributed by atoms with Crippen molar-refractivity contribution in [2.24, 2.45) is 0 Å². The Labute approximate surface area is 224 Å². The molecule has 4 aromatic rings. The molecule has 0 aliphatic rings. The van der Waals surface area contributed by atoms with E-state index in [4.69, 9.17) is 10.7 Å². The number of nitrogen functional groups attached to an aromatic ring is 1. The standard InChI is InChI=1S/C26H27FN6O3S2/c1-5-38(35,36)17-9-6-15(7-10-17)30-25(34)31-16-8-11-19(27)18(14-16)22-21(20-12-13-29-24(28)32-20)33-23(37-22)26(2,3)4/h6-14H,5H2,1-4H3,(H2,28,29,32)(H2,30,31,34). The number of carbonyl (C=O) groups is 1. The molecule has 0 bridgehead atoms. The van der Waals surface area contributed by atoms with Gasteiger partial charge < -0.3 is 16.4 Å². The van der Waals surface area contributed by atoms with Crippen LogP contribution in [-0.4, -0.2) is 35.2 Å². The molecule has 198 valence electrons. The molecule has 2 heterocycles. The molecule has 0 unspecified atom stereocenters. The maximum atomic E-state index is 15.1. The third kappa shape index (κ3) is 5.97. The fourth-order valence-electron chi connectivity index (χ4n) is 3.49. The molecule has 0 radical (unpaired) electrons. The van der Waals surface area contributed by atoms with E-state index in [-0.39, 0.29) is 27.6 Å². The van der Waals surface area contributed by atoms with Gasteiger partial charge in [0.15, 0.2) is 9.84 Å². The summed E-state index contributed by atoms with van der Waals surface area (Å²) in [7, 11) is -3.34. The highest BCUT2D eigenvalue weighted by Gasteiger charge is 2.25. The quantitative estimate of drug-likeness (QED) is 0.277. The second kappa shape index (κ2) is 10.5. The van der Waals surface area contributed by atoms with E-state index in [1.807, 2.05) is 20.8 Å². The van der Waals surface area contributed by atoms with E-state index in [2.05, 4.69) is 20.6 Å². The molecule has 9 nitrogen and oxygen atoms in total. The summed E-state index contributed by atoms with van der Waals surface area (Å²) in [6.45, 7) is 7.60. The lowest BCUT2D eigenvalue weighted by molar-refractivity contribution is 0.262. The Morgan fingerprint density at radius 3 is 2.32 bits per heavy atom. The average Bonchev–Trinajstić information content (AvgIpc) is 3.32. The van der Waals surface area contributed by atoms with Gasteiger partial charge in [-0.1, -0.05) is 27.7 Å². The Kier molecular flexibility index (Phi) is 7.47. The molecule has 0 fully saturated rings. The molecule has 4 N–H and O–H groups in total. The number of anilines is 3. The number of carbonyl (C=O) groups excluding carboxylic acids is 1. The number of benzene rings is 2. The van der Waals surface area contributed by atoms with Crippen molar-refractivity contribution in [3.63, 3.8) is 0 Å². The van der Waals surface area contributed by atoms with E-state index in [9.17, 15) is 13.2 Å². The zero-order valence-corrected chi connectivity index (χ0v) is 22.9. The molecule has 0 aliphatic carbocycles. The molecule has 4 rings (SSSR count). The van der Waals surface area contributed by atoms with Gasteiger partial charge in [0.05, 0.1) is 26.2 Å². The molecule has 12 heteroatoms.